The minimum atomic E-state index is 0.191. The van der Waals surface area contributed by atoms with Crippen LogP contribution < -0.4 is 10.5 Å². The van der Waals surface area contributed by atoms with Crippen molar-refractivity contribution in [3.63, 3.8) is 0 Å². The number of nitrogens with two attached hydrogens (primary N) is 1. The maximum atomic E-state index is 6.05. The van der Waals surface area contributed by atoms with Crippen LogP contribution in [0.3, 0.4) is 0 Å². The van der Waals surface area contributed by atoms with Gasteiger partial charge in [0.1, 0.15) is 12.4 Å². The van der Waals surface area contributed by atoms with E-state index >= 15 is 0 Å². The summed E-state index contributed by atoms with van der Waals surface area (Å²) in [6.07, 6.45) is 1.84. The van der Waals surface area contributed by atoms with E-state index in [1.807, 2.05) is 6.07 Å². The molecular formula is C17H29NO2. The highest BCUT2D eigenvalue weighted by Crippen LogP contribution is 2.22. The van der Waals surface area contributed by atoms with Crippen molar-refractivity contribution >= 4 is 0 Å². The summed E-state index contributed by atoms with van der Waals surface area (Å²) in [5, 5.41) is 0. The van der Waals surface area contributed by atoms with E-state index in [0.717, 1.165) is 25.2 Å². The molecule has 1 rings (SSSR count). The second kappa shape index (κ2) is 8.98. The van der Waals surface area contributed by atoms with Gasteiger partial charge >= 0.3 is 0 Å². The number of aryl methyl sites for hydroxylation is 1. The molecule has 1 unspecified atom stereocenters. The van der Waals surface area contributed by atoms with Crippen molar-refractivity contribution in [3.05, 3.63) is 29.3 Å². The van der Waals surface area contributed by atoms with E-state index in [4.69, 9.17) is 15.2 Å². The largest absolute Gasteiger partial charge is 0.491 e. The zero-order valence-electron chi connectivity index (χ0n) is 13.3. The molecule has 0 spiro atoms. The zero-order valence-corrected chi connectivity index (χ0v) is 13.3. The van der Waals surface area contributed by atoms with E-state index in [0.29, 0.717) is 19.1 Å². The monoisotopic (exact) mass is 279 g/mol. The molecular weight excluding hydrogens is 250 g/mol. The first-order chi connectivity index (χ1) is 9.52. The maximum Gasteiger partial charge on any atom is 0.122 e. The predicted molar refractivity (Wildman–Crippen MR) is 84.3 cm³/mol. The number of rotatable bonds is 9. The molecule has 0 aromatic heterocycles. The first-order valence-corrected chi connectivity index (χ1v) is 7.58. The molecule has 3 nitrogen and oxygen atoms in total. The van der Waals surface area contributed by atoms with E-state index < -0.39 is 0 Å². The third kappa shape index (κ3) is 6.40. The van der Waals surface area contributed by atoms with Crippen LogP contribution in [0.25, 0.3) is 0 Å². The zero-order chi connectivity index (χ0) is 15.0. The summed E-state index contributed by atoms with van der Waals surface area (Å²) in [7, 11) is 0. The van der Waals surface area contributed by atoms with Crippen molar-refractivity contribution in [2.24, 2.45) is 11.7 Å². The summed E-state index contributed by atoms with van der Waals surface area (Å²) in [5.41, 5.74) is 8.49. The van der Waals surface area contributed by atoms with E-state index in [9.17, 15) is 0 Å². The number of benzene rings is 1. The van der Waals surface area contributed by atoms with E-state index in [-0.39, 0.29) is 6.04 Å². The average molecular weight is 279 g/mol. The highest BCUT2D eigenvalue weighted by Gasteiger charge is 2.08. The van der Waals surface area contributed by atoms with Gasteiger partial charge < -0.3 is 15.2 Å². The van der Waals surface area contributed by atoms with Crippen LogP contribution >= 0.6 is 0 Å². The van der Waals surface area contributed by atoms with Crippen molar-refractivity contribution in [1.82, 2.24) is 0 Å². The molecule has 0 amide bonds. The minimum Gasteiger partial charge on any atom is -0.491 e. The molecule has 1 aromatic rings. The topological polar surface area (TPSA) is 44.5 Å². The van der Waals surface area contributed by atoms with Crippen molar-refractivity contribution in [3.8, 4) is 5.75 Å². The lowest BCUT2D eigenvalue weighted by Gasteiger charge is -2.15. The Bertz CT molecular complexity index is 391. The van der Waals surface area contributed by atoms with Gasteiger partial charge in [-0.05, 0) is 37.3 Å². The Balaban J connectivity index is 2.51. The lowest BCUT2D eigenvalue weighted by molar-refractivity contribution is 0.0816. The van der Waals surface area contributed by atoms with Crippen LogP contribution in [0.5, 0.6) is 5.75 Å². The van der Waals surface area contributed by atoms with Crippen LogP contribution in [-0.4, -0.2) is 25.9 Å². The molecule has 114 valence electrons. The Morgan fingerprint density at radius 1 is 1.20 bits per heavy atom. The third-order valence-corrected chi connectivity index (χ3v) is 3.16. The molecule has 0 bridgehead atoms. The number of hydrogen-bond donors (Lipinski definition) is 1. The first kappa shape index (κ1) is 17.0. The van der Waals surface area contributed by atoms with Crippen LogP contribution in [0, 0.1) is 12.8 Å². The molecule has 1 atom stereocenters. The van der Waals surface area contributed by atoms with E-state index in [1.54, 1.807) is 0 Å². The van der Waals surface area contributed by atoms with Crippen molar-refractivity contribution in [1.29, 1.82) is 0 Å². The van der Waals surface area contributed by atoms with Gasteiger partial charge in [-0.25, -0.2) is 0 Å². The summed E-state index contributed by atoms with van der Waals surface area (Å²) in [5.74, 6) is 1.50. The van der Waals surface area contributed by atoms with Gasteiger partial charge in [-0.1, -0.05) is 38.5 Å². The molecule has 0 aliphatic carbocycles. The van der Waals surface area contributed by atoms with Crippen LogP contribution in [0.2, 0.25) is 0 Å². The molecule has 2 N–H and O–H groups in total. The summed E-state index contributed by atoms with van der Waals surface area (Å²) in [6, 6.07) is 6.47. The highest BCUT2D eigenvalue weighted by molar-refractivity contribution is 5.37. The van der Waals surface area contributed by atoms with Crippen molar-refractivity contribution < 1.29 is 9.47 Å². The fraction of sp³-hybridized carbons (Fsp3) is 0.647. The standard InChI is InChI=1S/C17H29NO2/c1-5-16(18)11-15-10-14(4)6-7-17(15)20-9-8-19-12-13(2)3/h6-7,10,13,16H,5,8-9,11-12,18H2,1-4H3. The Kier molecular flexibility index (Phi) is 7.63. The molecule has 0 aliphatic heterocycles. The van der Waals surface area contributed by atoms with Crippen LogP contribution in [0.15, 0.2) is 18.2 Å². The number of hydrogen-bond acceptors (Lipinski definition) is 3. The average Bonchev–Trinajstić information content (AvgIpc) is 2.40. The molecule has 3 heteroatoms. The lowest BCUT2D eigenvalue weighted by Crippen LogP contribution is -2.22. The molecule has 0 radical (unpaired) electrons. The lowest BCUT2D eigenvalue weighted by atomic mass is 10.0. The van der Waals surface area contributed by atoms with Gasteiger partial charge in [0.15, 0.2) is 0 Å². The smallest absolute Gasteiger partial charge is 0.122 e. The predicted octanol–water partition coefficient (Wildman–Crippen LogP) is 3.33. The quantitative estimate of drug-likeness (QED) is 0.705. The van der Waals surface area contributed by atoms with Gasteiger partial charge in [0.2, 0.25) is 0 Å². The molecule has 0 saturated carbocycles. The normalized spacial score (nSPS) is 12.7. The second-order valence-corrected chi connectivity index (χ2v) is 5.80. The fourth-order valence-corrected chi connectivity index (χ4v) is 1.96. The molecule has 0 heterocycles. The molecule has 0 saturated heterocycles. The summed E-state index contributed by atoms with van der Waals surface area (Å²) in [4.78, 5) is 0. The van der Waals surface area contributed by atoms with Crippen LogP contribution in [-0.2, 0) is 11.2 Å². The Hall–Kier alpha value is -1.06. The van der Waals surface area contributed by atoms with E-state index in [2.05, 4.69) is 39.8 Å². The highest BCUT2D eigenvalue weighted by atomic mass is 16.5. The molecule has 0 aliphatic rings. The van der Waals surface area contributed by atoms with Gasteiger partial charge in [-0.2, -0.15) is 0 Å². The van der Waals surface area contributed by atoms with Crippen LogP contribution in [0.4, 0.5) is 0 Å². The van der Waals surface area contributed by atoms with E-state index in [1.165, 1.54) is 11.1 Å². The Labute approximate surface area is 123 Å². The van der Waals surface area contributed by atoms with Gasteiger partial charge in [-0.3, -0.25) is 0 Å². The molecule has 20 heavy (non-hydrogen) atoms. The van der Waals surface area contributed by atoms with Crippen molar-refractivity contribution in [2.45, 2.75) is 46.6 Å². The van der Waals surface area contributed by atoms with Gasteiger partial charge in [0.05, 0.1) is 6.61 Å². The molecule has 0 fully saturated rings. The van der Waals surface area contributed by atoms with Gasteiger partial charge in [0, 0.05) is 12.6 Å². The molecule has 1 aromatic carbocycles. The van der Waals surface area contributed by atoms with Crippen molar-refractivity contribution in [2.75, 3.05) is 19.8 Å². The third-order valence-electron chi connectivity index (χ3n) is 3.16. The van der Waals surface area contributed by atoms with Crippen LogP contribution in [0.1, 0.15) is 38.3 Å². The number of ether oxygens (including phenoxy) is 2. The fourth-order valence-electron chi connectivity index (χ4n) is 1.96. The second-order valence-electron chi connectivity index (χ2n) is 5.80. The summed E-state index contributed by atoms with van der Waals surface area (Å²) >= 11 is 0. The van der Waals surface area contributed by atoms with Gasteiger partial charge in [0.25, 0.3) is 0 Å². The van der Waals surface area contributed by atoms with Gasteiger partial charge in [-0.15, -0.1) is 0 Å². The summed E-state index contributed by atoms with van der Waals surface area (Å²) < 4.78 is 11.4. The SMILES string of the molecule is CCC(N)Cc1cc(C)ccc1OCCOCC(C)C. The Morgan fingerprint density at radius 2 is 1.95 bits per heavy atom. The maximum absolute atomic E-state index is 6.05. The summed E-state index contributed by atoms with van der Waals surface area (Å²) in [6.45, 7) is 10.5. The first-order valence-electron chi connectivity index (χ1n) is 7.58. The Morgan fingerprint density at radius 3 is 2.60 bits per heavy atom. The minimum absolute atomic E-state index is 0.191.